The number of aromatic nitrogens is 2. The smallest absolute Gasteiger partial charge is 0.254 e. The molecule has 8 heteroatoms. The lowest BCUT2D eigenvalue weighted by Gasteiger charge is -2.33. The van der Waals surface area contributed by atoms with Gasteiger partial charge in [-0.3, -0.25) is 14.0 Å². The van der Waals surface area contributed by atoms with E-state index in [0.29, 0.717) is 17.8 Å². The minimum Gasteiger partial charge on any atom is -0.361 e. The number of nitrogens with zero attached hydrogens (tertiary/aromatic N) is 4. The topological polar surface area (TPSA) is 70.0 Å². The molecule has 1 N–H and O–H groups in total. The molecule has 1 aromatic carbocycles. The van der Waals surface area contributed by atoms with Gasteiger partial charge < -0.3 is 15.1 Å². The first kappa shape index (κ1) is 17.5. The lowest BCUT2D eigenvalue weighted by molar-refractivity contribution is -0.117. The highest BCUT2D eigenvalue weighted by Gasteiger charge is 2.27. The minimum atomic E-state index is -0.236. The predicted octanol–water partition coefficient (Wildman–Crippen LogP) is 2.75. The Bertz CT molecular complexity index is 1050. The van der Waals surface area contributed by atoms with Crippen molar-refractivity contribution in [2.75, 3.05) is 24.3 Å². The van der Waals surface area contributed by atoms with Crippen LogP contribution in [0.2, 0.25) is 0 Å². The van der Waals surface area contributed by atoms with Crippen LogP contribution in [0.3, 0.4) is 0 Å². The van der Waals surface area contributed by atoms with Gasteiger partial charge in [-0.1, -0.05) is 0 Å². The maximum absolute atomic E-state index is 12.9. The monoisotopic (exact) mass is 383 g/mol. The summed E-state index contributed by atoms with van der Waals surface area (Å²) in [5.41, 5.74) is 4.05. The Balaban J connectivity index is 1.59. The first-order chi connectivity index (χ1) is 12.9. The molecule has 0 aliphatic carbocycles. The highest BCUT2D eigenvalue weighted by molar-refractivity contribution is 7.15. The Morgan fingerprint density at radius 2 is 2.19 bits per heavy atom. The number of benzene rings is 1. The predicted molar refractivity (Wildman–Crippen MR) is 107 cm³/mol. The van der Waals surface area contributed by atoms with Gasteiger partial charge in [-0.25, -0.2) is 4.98 Å². The van der Waals surface area contributed by atoms with Crippen LogP contribution in [0.5, 0.6) is 0 Å². The summed E-state index contributed by atoms with van der Waals surface area (Å²) in [5, 5.41) is 4.87. The Labute approximate surface area is 161 Å². The van der Waals surface area contributed by atoms with Crippen molar-refractivity contribution in [1.82, 2.24) is 14.3 Å². The van der Waals surface area contributed by atoms with Crippen LogP contribution in [0.15, 0.2) is 29.8 Å². The van der Waals surface area contributed by atoms with Gasteiger partial charge in [0.2, 0.25) is 5.91 Å². The number of anilines is 2. The SMILES string of the molecule is Cc1nc2sccn2c1CN(C)C(=O)c1ccc2c(c1)NC(=O)C(C)N2C. The number of aryl methyl sites for hydroxylation is 1. The van der Waals surface area contributed by atoms with Crippen LogP contribution in [-0.4, -0.2) is 46.2 Å². The summed E-state index contributed by atoms with van der Waals surface area (Å²) >= 11 is 1.57. The Morgan fingerprint density at radius 1 is 1.41 bits per heavy atom. The zero-order valence-electron chi connectivity index (χ0n) is 15.7. The first-order valence-electron chi connectivity index (χ1n) is 8.71. The van der Waals surface area contributed by atoms with Crippen LogP contribution in [-0.2, 0) is 11.3 Å². The van der Waals surface area contributed by atoms with Crippen molar-refractivity contribution >= 4 is 39.5 Å². The fraction of sp³-hybridized carbons (Fsp3) is 0.316. The molecule has 0 saturated carbocycles. The molecule has 0 spiro atoms. The summed E-state index contributed by atoms with van der Waals surface area (Å²) in [6, 6.07) is 5.20. The zero-order chi connectivity index (χ0) is 19.3. The first-order valence-corrected chi connectivity index (χ1v) is 9.59. The van der Waals surface area contributed by atoms with E-state index in [4.69, 9.17) is 0 Å². The molecular formula is C19H21N5O2S. The van der Waals surface area contributed by atoms with Gasteiger partial charge in [-0.15, -0.1) is 11.3 Å². The average Bonchev–Trinajstić information content (AvgIpc) is 3.21. The molecule has 27 heavy (non-hydrogen) atoms. The van der Waals surface area contributed by atoms with E-state index in [0.717, 1.165) is 22.0 Å². The molecule has 0 radical (unpaired) electrons. The van der Waals surface area contributed by atoms with E-state index in [-0.39, 0.29) is 17.9 Å². The van der Waals surface area contributed by atoms with Crippen molar-refractivity contribution < 1.29 is 9.59 Å². The largest absolute Gasteiger partial charge is 0.361 e. The maximum atomic E-state index is 12.9. The quantitative estimate of drug-likeness (QED) is 0.755. The van der Waals surface area contributed by atoms with E-state index >= 15 is 0 Å². The summed E-state index contributed by atoms with van der Waals surface area (Å²) in [6.07, 6.45) is 1.97. The number of nitrogens with one attached hydrogen (secondary N) is 1. The molecule has 2 amide bonds. The van der Waals surface area contributed by atoms with Crippen LogP contribution in [0.1, 0.15) is 28.7 Å². The van der Waals surface area contributed by atoms with Crippen LogP contribution < -0.4 is 10.2 Å². The number of likely N-dealkylation sites (N-methyl/N-ethyl adjacent to an activating group) is 1. The summed E-state index contributed by atoms with van der Waals surface area (Å²) in [6.45, 7) is 4.27. The second kappa shape index (κ2) is 6.38. The summed E-state index contributed by atoms with van der Waals surface area (Å²) in [5.74, 6) is -0.171. The molecule has 3 aromatic rings. The summed E-state index contributed by atoms with van der Waals surface area (Å²) in [7, 11) is 3.66. The van der Waals surface area contributed by atoms with E-state index < -0.39 is 0 Å². The van der Waals surface area contributed by atoms with E-state index in [1.165, 1.54) is 0 Å². The molecular weight excluding hydrogens is 362 g/mol. The van der Waals surface area contributed by atoms with Crippen LogP contribution in [0.4, 0.5) is 11.4 Å². The lowest BCUT2D eigenvalue weighted by atomic mass is 10.1. The molecule has 0 bridgehead atoms. The molecule has 1 atom stereocenters. The van der Waals surface area contributed by atoms with Gasteiger partial charge in [-0.2, -0.15) is 0 Å². The number of hydrogen-bond donors (Lipinski definition) is 1. The van der Waals surface area contributed by atoms with E-state index in [9.17, 15) is 9.59 Å². The van der Waals surface area contributed by atoms with E-state index in [2.05, 4.69) is 10.3 Å². The van der Waals surface area contributed by atoms with E-state index in [1.54, 1.807) is 29.4 Å². The normalized spacial score (nSPS) is 16.4. The lowest BCUT2D eigenvalue weighted by Crippen LogP contribution is -2.44. The Hall–Kier alpha value is -2.87. The van der Waals surface area contributed by atoms with Crippen LogP contribution in [0.25, 0.3) is 4.96 Å². The zero-order valence-corrected chi connectivity index (χ0v) is 16.5. The Kier molecular flexibility index (Phi) is 4.15. The van der Waals surface area contributed by atoms with Crippen molar-refractivity contribution in [2.24, 2.45) is 0 Å². The highest BCUT2D eigenvalue weighted by Crippen LogP contribution is 2.32. The number of fused-ring (bicyclic) bond motifs is 2. The standard InChI is InChI=1S/C19H21N5O2S/c1-11-16(24-7-8-27-19(24)20-11)10-22(3)18(26)13-5-6-15-14(9-13)21-17(25)12(2)23(15)4/h5-9,12H,10H2,1-4H3,(H,21,25). The molecule has 3 heterocycles. The Morgan fingerprint density at radius 3 is 2.96 bits per heavy atom. The fourth-order valence-corrected chi connectivity index (χ4v) is 4.13. The molecule has 2 aromatic heterocycles. The number of amides is 2. The summed E-state index contributed by atoms with van der Waals surface area (Å²) in [4.78, 5) is 34.1. The van der Waals surface area contributed by atoms with Crippen molar-refractivity contribution in [2.45, 2.75) is 26.4 Å². The van der Waals surface area contributed by atoms with Crippen molar-refractivity contribution in [1.29, 1.82) is 0 Å². The number of carbonyl (C=O) groups is 2. The van der Waals surface area contributed by atoms with Gasteiger partial charge in [0.1, 0.15) is 6.04 Å². The van der Waals surface area contributed by atoms with Crippen LogP contribution >= 0.6 is 11.3 Å². The molecule has 0 fully saturated rings. The number of rotatable bonds is 3. The van der Waals surface area contributed by atoms with Crippen molar-refractivity contribution in [3.8, 4) is 0 Å². The third kappa shape index (κ3) is 2.86. The van der Waals surface area contributed by atoms with Crippen molar-refractivity contribution in [3.05, 3.63) is 46.7 Å². The van der Waals surface area contributed by atoms with Gasteiger partial charge >= 0.3 is 0 Å². The van der Waals surface area contributed by atoms with Crippen molar-refractivity contribution in [3.63, 3.8) is 0 Å². The molecule has 1 aliphatic heterocycles. The molecule has 1 unspecified atom stereocenters. The second-order valence-corrected chi connectivity index (χ2v) is 7.74. The third-order valence-corrected chi connectivity index (χ3v) is 5.89. The number of hydrogen-bond acceptors (Lipinski definition) is 5. The number of thiazole rings is 1. The van der Waals surface area contributed by atoms with Crippen LogP contribution in [0, 0.1) is 6.92 Å². The fourth-order valence-electron chi connectivity index (χ4n) is 3.35. The maximum Gasteiger partial charge on any atom is 0.254 e. The van der Waals surface area contributed by atoms with Gasteiger partial charge in [0.15, 0.2) is 4.96 Å². The average molecular weight is 383 g/mol. The van der Waals surface area contributed by atoms with E-state index in [1.807, 2.05) is 53.9 Å². The van der Waals surface area contributed by atoms with Gasteiger partial charge in [-0.05, 0) is 32.0 Å². The minimum absolute atomic E-state index is 0.0716. The number of carbonyl (C=O) groups excluding carboxylic acids is 2. The highest BCUT2D eigenvalue weighted by atomic mass is 32.1. The summed E-state index contributed by atoms with van der Waals surface area (Å²) < 4.78 is 2.02. The third-order valence-electron chi connectivity index (χ3n) is 5.14. The molecule has 1 aliphatic rings. The molecule has 0 saturated heterocycles. The molecule has 140 valence electrons. The second-order valence-electron chi connectivity index (χ2n) is 6.87. The number of imidazole rings is 1. The molecule has 4 rings (SSSR count). The van der Waals surface area contributed by atoms with Gasteiger partial charge in [0.25, 0.3) is 5.91 Å². The van der Waals surface area contributed by atoms with Gasteiger partial charge in [0.05, 0.1) is 29.3 Å². The van der Waals surface area contributed by atoms with Gasteiger partial charge in [0, 0.05) is 31.2 Å². The molecule has 7 nitrogen and oxygen atoms in total.